The van der Waals surface area contributed by atoms with Crippen LogP contribution in [0.5, 0.6) is 0 Å². The standard InChI is InChI=1S/C19H14ClN3O2S/c20-13-4-5-14(16(10-13)23-7-1-2-8-23)22-19(25)12-3-6-17-15(9-12)21-18(24)11-26-17/h1-10H,11H2,(H,21,24)(H,22,25). The zero-order valence-electron chi connectivity index (χ0n) is 13.5. The Morgan fingerprint density at radius 1 is 1.15 bits per heavy atom. The molecule has 0 saturated heterocycles. The van der Waals surface area contributed by atoms with Crippen molar-refractivity contribution in [1.82, 2.24) is 4.57 Å². The van der Waals surface area contributed by atoms with Gasteiger partial charge in [-0.25, -0.2) is 0 Å². The highest BCUT2D eigenvalue weighted by Gasteiger charge is 2.18. The molecule has 0 aliphatic carbocycles. The smallest absolute Gasteiger partial charge is 0.255 e. The van der Waals surface area contributed by atoms with Crippen LogP contribution >= 0.6 is 23.4 Å². The number of nitrogens with zero attached hydrogens (tertiary/aromatic N) is 1. The first kappa shape index (κ1) is 16.8. The molecule has 2 N–H and O–H groups in total. The van der Waals surface area contributed by atoms with Crippen molar-refractivity contribution in [2.45, 2.75) is 4.90 Å². The number of benzene rings is 2. The lowest BCUT2D eigenvalue weighted by Crippen LogP contribution is -2.20. The fraction of sp³-hybridized carbons (Fsp3) is 0.0526. The number of carbonyl (C=O) groups is 2. The molecule has 0 saturated carbocycles. The van der Waals surface area contributed by atoms with Crippen LogP contribution < -0.4 is 10.6 Å². The SMILES string of the molecule is O=C1CSc2ccc(C(=O)Nc3ccc(Cl)cc3-n3cccc3)cc2N1. The Morgan fingerprint density at radius 3 is 2.77 bits per heavy atom. The van der Waals surface area contributed by atoms with Crippen LogP contribution in [-0.4, -0.2) is 22.1 Å². The van der Waals surface area contributed by atoms with Gasteiger partial charge in [-0.3, -0.25) is 9.59 Å². The zero-order chi connectivity index (χ0) is 18.1. The number of hydrogen-bond acceptors (Lipinski definition) is 3. The molecule has 3 aromatic rings. The van der Waals surface area contributed by atoms with Gasteiger partial charge in [0.2, 0.25) is 5.91 Å². The Hall–Kier alpha value is -2.70. The molecular formula is C19H14ClN3O2S. The van der Waals surface area contributed by atoms with Crippen molar-refractivity contribution in [1.29, 1.82) is 0 Å². The van der Waals surface area contributed by atoms with Crippen LogP contribution in [0, 0.1) is 0 Å². The Labute approximate surface area is 159 Å². The van der Waals surface area contributed by atoms with Crippen LogP contribution in [0.3, 0.4) is 0 Å². The van der Waals surface area contributed by atoms with Crippen molar-refractivity contribution in [3.05, 3.63) is 71.5 Å². The lowest BCUT2D eigenvalue weighted by molar-refractivity contribution is -0.113. The molecule has 4 rings (SSSR count). The van der Waals surface area contributed by atoms with Crippen molar-refractivity contribution in [3.8, 4) is 5.69 Å². The summed E-state index contributed by atoms with van der Waals surface area (Å²) in [5, 5.41) is 6.30. The maximum absolute atomic E-state index is 12.7. The highest BCUT2D eigenvalue weighted by atomic mass is 35.5. The maximum atomic E-state index is 12.7. The highest BCUT2D eigenvalue weighted by molar-refractivity contribution is 8.00. The summed E-state index contributed by atoms with van der Waals surface area (Å²) in [6, 6.07) is 14.4. The predicted molar refractivity (Wildman–Crippen MR) is 105 cm³/mol. The van der Waals surface area contributed by atoms with E-state index < -0.39 is 0 Å². The number of anilines is 2. The van der Waals surface area contributed by atoms with Crippen molar-refractivity contribution in [2.24, 2.45) is 0 Å². The summed E-state index contributed by atoms with van der Waals surface area (Å²) in [6.07, 6.45) is 3.76. The van der Waals surface area contributed by atoms with Gasteiger partial charge >= 0.3 is 0 Å². The first-order valence-corrected chi connectivity index (χ1v) is 9.27. The molecule has 0 atom stereocenters. The fourth-order valence-electron chi connectivity index (χ4n) is 2.74. The maximum Gasteiger partial charge on any atom is 0.255 e. The fourth-order valence-corrected chi connectivity index (χ4v) is 3.69. The number of hydrogen-bond donors (Lipinski definition) is 2. The average molecular weight is 384 g/mol. The number of halogens is 1. The van der Waals surface area contributed by atoms with Gasteiger partial charge in [0.1, 0.15) is 0 Å². The third kappa shape index (κ3) is 3.34. The summed E-state index contributed by atoms with van der Waals surface area (Å²) in [5.41, 5.74) is 2.56. The minimum Gasteiger partial charge on any atom is -0.324 e. The second-order valence-electron chi connectivity index (χ2n) is 5.75. The van der Waals surface area contributed by atoms with Crippen LogP contribution in [0.1, 0.15) is 10.4 Å². The molecule has 1 aliphatic rings. The summed E-state index contributed by atoms with van der Waals surface area (Å²) >= 11 is 7.57. The summed E-state index contributed by atoms with van der Waals surface area (Å²) in [7, 11) is 0. The lowest BCUT2D eigenvalue weighted by atomic mass is 10.1. The van der Waals surface area contributed by atoms with Gasteiger partial charge in [-0.15, -0.1) is 11.8 Å². The summed E-state index contributed by atoms with van der Waals surface area (Å²) in [4.78, 5) is 25.2. The van der Waals surface area contributed by atoms with Crippen LogP contribution in [0.15, 0.2) is 65.8 Å². The van der Waals surface area contributed by atoms with E-state index in [0.29, 0.717) is 27.7 Å². The van der Waals surface area contributed by atoms with Gasteiger partial charge in [-0.1, -0.05) is 11.6 Å². The summed E-state index contributed by atoms with van der Waals surface area (Å²) in [5.74, 6) is 0.0739. The number of thioether (sulfide) groups is 1. The van der Waals surface area contributed by atoms with Crippen molar-refractivity contribution in [3.63, 3.8) is 0 Å². The average Bonchev–Trinajstić information content (AvgIpc) is 3.17. The normalized spacial score (nSPS) is 13.0. The highest BCUT2D eigenvalue weighted by Crippen LogP contribution is 2.32. The number of rotatable bonds is 3. The Bertz CT molecular complexity index is 1000. The van der Waals surface area contributed by atoms with Gasteiger partial charge in [0.05, 0.1) is 22.8 Å². The Balaban J connectivity index is 1.63. The second kappa shape index (κ2) is 6.90. The van der Waals surface area contributed by atoms with E-state index >= 15 is 0 Å². The van der Waals surface area contributed by atoms with E-state index in [1.165, 1.54) is 11.8 Å². The van der Waals surface area contributed by atoms with Crippen molar-refractivity contribution < 1.29 is 9.59 Å². The van der Waals surface area contributed by atoms with E-state index in [9.17, 15) is 9.59 Å². The molecule has 26 heavy (non-hydrogen) atoms. The van der Waals surface area contributed by atoms with Gasteiger partial charge in [0, 0.05) is 27.9 Å². The van der Waals surface area contributed by atoms with Crippen LogP contribution in [0.2, 0.25) is 5.02 Å². The van der Waals surface area contributed by atoms with Gasteiger partial charge < -0.3 is 15.2 Å². The van der Waals surface area contributed by atoms with Gasteiger partial charge in [-0.2, -0.15) is 0 Å². The largest absolute Gasteiger partial charge is 0.324 e. The summed E-state index contributed by atoms with van der Waals surface area (Å²) in [6.45, 7) is 0. The van der Waals surface area contributed by atoms with Crippen molar-refractivity contribution in [2.75, 3.05) is 16.4 Å². The molecule has 2 heterocycles. The van der Waals surface area contributed by atoms with E-state index in [2.05, 4.69) is 10.6 Å². The molecule has 7 heteroatoms. The molecule has 0 spiro atoms. The molecule has 2 amide bonds. The lowest BCUT2D eigenvalue weighted by Gasteiger charge is -2.17. The first-order chi connectivity index (χ1) is 12.6. The topological polar surface area (TPSA) is 63.1 Å². The third-order valence-electron chi connectivity index (χ3n) is 3.97. The van der Waals surface area contributed by atoms with E-state index in [4.69, 9.17) is 11.6 Å². The number of amides is 2. The molecule has 0 bridgehead atoms. The van der Waals surface area contributed by atoms with Gasteiger partial charge in [0.15, 0.2) is 0 Å². The molecule has 1 aromatic heterocycles. The molecule has 130 valence electrons. The zero-order valence-corrected chi connectivity index (χ0v) is 15.1. The van der Waals surface area contributed by atoms with Crippen molar-refractivity contribution >= 4 is 46.6 Å². The monoisotopic (exact) mass is 383 g/mol. The number of carbonyl (C=O) groups excluding carboxylic acids is 2. The van der Waals surface area contributed by atoms with E-state index in [0.717, 1.165) is 10.6 Å². The first-order valence-electron chi connectivity index (χ1n) is 7.91. The number of aromatic nitrogens is 1. The molecular weight excluding hydrogens is 370 g/mol. The van der Waals surface area contributed by atoms with E-state index in [1.54, 1.807) is 30.3 Å². The Kier molecular flexibility index (Phi) is 4.44. The van der Waals surface area contributed by atoms with Gasteiger partial charge in [0.25, 0.3) is 5.91 Å². The number of nitrogens with one attached hydrogen (secondary N) is 2. The predicted octanol–water partition coefficient (Wildman–Crippen LogP) is 4.43. The molecule has 2 aromatic carbocycles. The van der Waals surface area contributed by atoms with Crippen LogP contribution in [-0.2, 0) is 4.79 Å². The Morgan fingerprint density at radius 2 is 1.96 bits per heavy atom. The van der Waals surface area contributed by atoms with Crippen LogP contribution in [0.25, 0.3) is 5.69 Å². The minimum atomic E-state index is -0.256. The summed E-state index contributed by atoms with van der Waals surface area (Å²) < 4.78 is 1.88. The van der Waals surface area contributed by atoms with E-state index in [-0.39, 0.29) is 11.8 Å². The van der Waals surface area contributed by atoms with E-state index in [1.807, 2.05) is 35.2 Å². The molecule has 0 unspecified atom stereocenters. The van der Waals surface area contributed by atoms with Crippen LogP contribution in [0.4, 0.5) is 11.4 Å². The molecule has 1 aliphatic heterocycles. The second-order valence-corrected chi connectivity index (χ2v) is 7.21. The molecule has 5 nitrogen and oxygen atoms in total. The quantitative estimate of drug-likeness (QED) is 0.703. The number of fused-ring (bicyclic) bond motifs is 1. The molecule has 0 radical (unpaired) electrons. The molecule has 0 fully saturated rings. The third-order valence-corrected chi connectivity index (χ3v) is 5.27. The minimum absolute atomic E-state index is 0.0624. The van der Waals surface area contributed by atoms with Gasteiger partial charge in [-0.05, 0) is 48.5 Å².